The lowest BCUT2D eigenvalue weighted by Gasteiger charge is -2.34. The monoisotopic (exact) mass is 646 g/mol. The zero-order chi connectivity index (χ0) is 20.9. The van der Waals surface area contributed by atoms with E-state index in [1.165, 1.54) is 12.1 Å². The van der Waals surface area contributed by atoms with Gasteiger partial charge in [0.25, 0.3) is 0 Å². The molecule has 0 amide bonds. The quantitative estimate of drug-likeness (QED) is 0.315. The maximum atomic E-state index is 12.8. The minimum absolute atomic E-state index is 0.0596. The van der Waals surface area contributed by atoms with E-state index in [0.717, 1.165) is 0 Å². The molecule has 2 aromatic rings. The van der Waals surface area contributed by atoms with E-state index in [2.05, 4.69) is 63.7 Å². The standard InChI is InChI=1S/C20H10Br4O5/c21-9-6-11(25)15(23)18-13(9)17(29-20(27)8-4-2-1-3-5-8)14-10(22)7-12(26)16(24)19(14)28-18/h1-7,15,17,26H. The van der Waals surface area contributed by atoms with E-state index < -0.39 is 16.9 Å². The zero-order valence-electron chi connectivity index (χ0n) is 14.3. The topological polar surface area (TPSA) is 72.8 Å². The summed E-state index contributed by atoms with van der Waals surface area (Å²) < 4.78 is 13.1. The van der Waals surface area contributed by atoms with Crippen LogP contribution in [0.25, 0.3) is 0 Å². The molecule has 0 aromatic heterocycles. The molecular weight excluding hydrogens is 640 g/mol. The van der Waals surface area contributed by atoms with E-state index in [9.17, 15) is 14.7 Å². The van der Waals surface area contributed by atoms with E-state index in [-0.39, 0.29) is 17.3 Å². The maximum absolute atomic E-state index is 12.8. The van der Waals surface area contributed by atoms with Crippen molar-refractivity contribution in [3.63, 3.8) is 0 Å². The molecule has 0 fully saturated rings. The lowest BCUT2D eigenvalue weighted by atomic mass is 9.91. The van der Waals surface area contributed by atoms with Crippen molar-refractivity contribution >= 4 is 75.5 Å². The van der Waals surface area contributed by atoms with Crippen molar-refractivity contribution < 1.29 is 24.2 Å². The number of halogens is 4. The van der Waals surface area contributed by atoms with Crippen molar-refractivity contribution in [1.29, 1.82) is 0 Å². The Hall–Kier alpha value is -1.42. The molecule has 4 rings (SSSR count). The van der Waals surface area contributed by atoms with Gasteiger partial charge in [-0.2, -0.15) is 0 Å². The Kier molecular flexibility index (Phi) is 5.76. The van der Waals surface area contributed by atoms with Crippen molar-refractivity contribution in [3.05, 3.63) is 78.4 Å². The lowest BCUT2D eigenvalue weighted by molar-refractivity contribution is -0.114. The van der Waals surface area contributed by atoms with Crippen molar-refractivity contribution in [2.24, 2.45) is 0 Å². The van der Waals surface area contributed by atoms with Crippen LogP contribution in [0.4, 0.5) is 0 Å². The second-order valence-electron chi connectivity index (χ2n) is 6.22. The normalized spacial score (nSPS) is 20.4. The molecule has 2 unspecified atom stereocenters. The molecule has 2 aliphatic rings. The van der Waals surface area contributed by atoms with Crippen LogP contribution in [0, 0.1) is 0 Å². The van der Waals surface area contributed by atoms with Crippen LogP contribution < -0.4 is 4.74 Å². The summed E-state index contributed by atoms with van der Waals surface area (Å²) in [5, 5.41) is 10.2. The minimum Gasteiger partial charge on any atom is -0.507 e. The summed E-state index contributed by atoms with van der Waals surface area (Å²) in [7, 11) is 0. The SMILES string of the molecule is O=C(OC1C2=C(Oc3c(Br)c(O)cc(Br)c31)C(Br)C(=O)C=C2Br)c1ccccc1. The molecule has 0 radical (unpaired) electrons. The summed E-state index contributed by atoms with van der Waals surface area (Å²) in [5.74, 6) is -0.255. The number of ether oxygens (including phenoxy) is 2. The highest BCUT2D eigenvalue weighted by atomic mass is 79.9. The molecule has 2 aromatic carbocycles. The third-order valence-electron chi connectivity index (χ3n) is 4.43. The Morgan fingerprint density at radius 2 is 1.83 bits per heavy atom. The number of phenolic OH excluding ortho intramolecular Hbond substituents is 1. The summed E-state index contributed by atoms with van der Waals surface area (Å²) in [6.07, 6.45) is 0.533. The average Bonchev–Trinajstić information content (AvgIpc) is 2.70. The first kappa shape index (κ1) is 20.8. The molecule has 0 spiro atoms. The van der Waals surface area contributed by atoms with Gasteiger partial charge >= 0.3 is 5.97 Å². The van der Waals surface area contributed by atoms with Gasteiger partial charge in [0.15, 0.2) is 17.6 Å². The highest BCUT2D eigenvalue weighted by molar-refractivity contribution is 9.12. The average molecular weight is 650 g/mol. The number of esters is 1. The Balaban J connectivity index is 1.90. The fourth-order valence-electron chi connectivity index (χ4n) is 3.09. The third kappa shape index (κ3) is 3.62. The minimum atomic E-state index is -0.883. The number of ketones is 1. The molecule has 0 bridgehead atoms. The fraction of sp³-hybridized carbons (Fsp3) is 0.100. The van der Waals surface area contributed by atoms with E-state index >= 15 is 0 Å². The van der Waals surface area contributed by atoms with Crippen molar-refractivity contribution in [3.8, 4) is 11.5 Å². The molecule has 1 heterocycles. The number of phenols is 1. The predicted molar refractivity (Wildman–Crippen MR) is 120 cm³/mol. The van der Waals surface area contributed by atoms with E-state index in [0.29, 0.717) is 35.9 Å². The molecule has 29 heavy (non-hydrogen) atoms. The van der Waals surface area contributed by atoms with Gasteiger partial charge in [-0.1, -0.05) is 66.0 Å². The molecular formula is C20H10Br4O5. The Morgan fingerprint density at radius 1 is 1.14 bits per heavy atom. The van der Waals surface area contributed by atoms with Gasteiger partial charge in [0.1, 0.15) is 20.8 Å². The van der Waals surface area contributed by atoms with Gasteiger partial charge < -0.3 is 14.6 Å². The van der Waals surface area contributed by atoms with Gasteiger partial charge in [0.05, 0.1) is 16.7 Å². The van der Waals surface area contributed by atoms with Crippen LogP contribution in [0.5, 0.6) is 11.5 Å². The largest absolute Gasteiger partial charge is 0.507 e. The van der Waals surface area contributed by atoms with Gasteiger partial charge in [-0.3, -0.25) is 4.79 Å². The summed E-state index contributed by atoms with van der Waals surface area (Å²) in [5.41, 5.74) is 1.41. The van der Waals surface area contributed by atoms with Gasteiger partial charge in [-0.05, 0) is 40.2 Å². The number of hydrogen-bond donors (Lipinski definition) is 1. The van der Waals surface area contributed by atoms with E-state index in [1.54, 1.807) is 30.3 Å². The molecule has 1 aliphatic carbocycles. The van der Waals surface area contributed by atoms with Gasteiger partial charge in [-0.15, -0.1) is 0 Å². The molecule has 0 saturated carbocycles. The second-order valence-corrected chi connectivity index (χ2v) is 9.64. The smallest absolute Gasteiger partial charge is 0.339 e. The third-order valence-corrected chi connectivity index (χ3v) is 7.38. The number of rotatable bonds is 2. The highest BCUT2D eigenvalue weighted by Crippen LogP contribution is 2.54. The number of alkyl halides is 1. The first-order valence-corrected chi connectivity index (χ1v) is 11.5. The Labute approximate surface area is 199 Å². The van der Waals surface area contributed by atoms with Crippen molar-refractivity contribution in [2.45, 2.75) is 10.9 Å². The van der Waals surface area contributed by atoms with Gasteiger partial charge in [-0.25, -0.2) is 4.79 Å². The van der Waals surface area contributed by atoms with E-state index in [1.807, 2.05) is 0 Å². The number of fused-ring (bicyclic) bond motifs is 1. The predicted octanol–water partition coefficient (Wildman–Crippen LogP) is 6.09. The zero-order valence-corrected chi connectivity index (χ0v) is 20.6. The summed E-state index contributed by atoms with van der Waals surface area (Å²) in [4.78, 5) is 24.4. The number of hydrogen-bond acceptors (Lipinski definition) is 5. The molecule has 1 aliphatic heterocycles. The second kappa shape index (κ2) is 8.02. The molecule has 2 atom stereocenters. The van der Waals surface area contributed by atoms with Crippen LogP contribution in [0.15, 0.2) is 67.2 Å². The van der Waals surface area contributed by atoms with Crippen LogP contribution in [0.1, 0.15) is 22.0 Å². The number of aromatic hydroxyl groups is 1. The fourth-order valence-corrected chi connectivity index (χ4v) is 5.21. The first-order chi connectivity index (χ1) is 13.8. The summed E-state index contributed by atoms with van der Waals surface area (Å²) >= 11 is 13.5. The Morgan fingerprint density at radius 3 is 2.52 bits per heavy atom. The van der Waals surface area contributed by atoms with Crippen molar-refractivity contribution in [2.75, 3.05) is 0 Å². The van der Waals surface area contributed by atoms with E-state index in [4.69, 9.17) is 9.47 Å². The summed E-state index contributed by atoms with van der Waals surface area (Å²) in [6.45, 7) is 0. The van der Waals surface area contributed by atoms with Crippen LogP contribution in [0.3, 0.4) is 0 Å². The van der Waals surface area contributed by atoms with Crippen LogP contribution in [0.2, 0.25) is 0 Å². The Bertz CT molecular complexity index is 1110. The van der Waals surface area contributed by atoms with Crippen molar-refractivity contribution in [1.82, 2.24) is 0 Å². The van der Waals surface area contributed by atoms with Gasteiger partial charge in [0, 0.05) is 8.96 Å². The summed E-state index contributed by atoms with van der Waals surface area (Å²) in [6, 6.07) is 10.1. The number of allylic oxidation sites excluding steroid dienone is 2. The molecule has 0 saturated heterocycles. The number of carbonyl (C=O) groups is 2. The van der Waals surface area contributed by atoms with Crippen LogP contribution in [-0.2, 0) is 9.53 Å². The maximum Gasteiger partial charge on any atom is 0.339 e. The highest BCUT2D eigenvalue weighted by Gasteiger charge is 2.43. The number of benzene rings is 2. The van der Waals surface area contributed by atoms with Gasteiger partial charge in [0.2, 0.25) is 0 Å². The number of carbonyl (C=O) groups excluding carboxylic acids is 2. The molecule has 1 N–H and O–H groups in total. The van der Waals surface area contributed by atoms with Crippen LogP contribution >= 0.6 is 63.7 Å². The molecule has 5 nitrogen and oxygen atoms in total. The first-order valence-electron chi connectivity index (χ1n) is 8.24. The van der Waals surface area contributed by atoms with Crippen LogP contribution in [-0.4, -0.2) is 21.7 Å². The molecule has 9 heteroatoms. The molecule has 148 valence electrons. The lowest BCUT2D eigenvalue weighted by Crippen LogP contribution is -2.31.